The second kappa shape index (κ2) is 7.20. The van der Waals surface area contributed by atoms with Crippen LogP contribution in [0.5, 0.6) is 0 Å². The summed E-state index contributed by atoms with van der Waals surface area (Å²) >= 11 is 0. The third kappa shape index (κ3) is 6.13. The Hall–Kier alpha value is -0.120. The highest BCUT2D eigenvalue weighted by atomic mass is 16.5. The molecule has 0 bridgehead atoms. The molecule has 1 saturated heterocycles. The summed E-state index contributed by atoms with van der Waals surface area (Å²) in [4.78, 5) is 0. The van der Waals surface area contributed by atoms with Gasteiger partial charge in [0, 0.05) is 13.2 Å². The number of hydrogen-bond acceptors (Lipinski definition) is 3. The van der Waals surface area contributed by atoms with E-state index in [1.165, 1.54) is 6.42 Å². The Morgan fingerprint density at radius 2 is 2.13 bits per heavy atom. The van der Waals surface area contributed by atoms with E-state index in [9.17, 15) is 0 Å². The van der Waals surface area contributed by atoms with Crippen molar-refractivity contribution in [3.05, 3.63) is 0 Å². The zero-order chi connectivity index (χ0) is 11.1. The molecule has 1 heterocycles. The van der Waals surface area contributed by atoms with E-state index in [-0.39, 0.29) is 6.10 Å². The van der Waals surface area contributed by atoms with Crippen molar-refractivity contribution in [2.45, 2.75) is 45.8 Å². The fraction of sp³-hybridized carbons (Fsp3) is 1.00. The molecule has 0 aromatic rings. The van der Waals surface area contributed by atoms with Crippen molar-refractivity contribution in [2.75, 3.05) is 26.3 Å². The molecule has 0 saturated carbocycles. The van der Waals surface area contributed by atoms with Crippen LogP contribution >= 0.6 is 0 Å². The molecule has 0 radical (unpaired) electrons. The molecule has 2 atom stereocenters. The summed E-state index contributed by atoms with van der Waals surface area (Å²) in [5.74, 6) is 0.704. The summed E-state index contributed by atoms with van der Waals surface area (Å²) < 4.78 is 11.2. The zero-order valence-electron chi connectivity index (χ0n) is 10.3. The second-order valence-corrected chi connectivity index (χ2v) is 4.83. The molecule has 0 spiro atoms. The maximum Gasteiger partial charge on any atom is 0.0809 e. The summed E-state index contributed by atoms with van der Waals surface area (Å²) in [7, 11) is 0. The van der Waals surface area contributed by atoms with E-state index in [0.717, 1.165) is 32.7 Å². The molecule has 3 heteroatoms. The van der Waals surface area contributed by atoms with Crippen LogP contribution in [0, 0.1) is 5.92 Å². The van der Waals surface area contributed by atoms with Gasteiger partial charge in [-0.15, -0.1) is 0 Å². The molecule has 1 rings (SSSR count). The van der Waals surface area contributed by atoms with Gasteiger partial charge < -0.3 is 14.8 Å². The van der Waals surface area contributed by atoms with Gasteiger partial charge in [-0.3, -0.25) is 0 Å². The molecule has 0 aromatic carbocycles. The number of nitrogens with one attached hydrogen (secondary N) is 1. The molecule has 2 unspecified atom stereocenters. The topological polar surface area (TPSA) is 30.5 Å². The normalized spacial score (nSPS) is 23.6. The van der Waals surface area contributed by atoms with Gasteiger partial charge in [-0.05, 0) is 32.2 Å². The van der Waals surface area contributed by atoms with Gasteiger partial charge in [-0.2, -0.15) is 0 Å². The van der Waals surface area contributed by atoms with Crippen molar-refractivity contribution in [3.8, 4) is 0 Å². The molecule has 0 amide bonds. The lowest BCUT2D eigenvalue weighted by Crippen LogP contribution is -2.31. The molecule has 1 N–H and O–H groups in total. The highest BCUT2D eigenvalue weighted by molar-refractivity contribution is 4.65. The molecule has 1 aliphatic heterocycles. The molecule has 1 aliphatic rings. The molecule has 90 valence electrons. The van der Waals surface area contributed by atoms with E-state index >= 15 is 0 Å². The van der Waals surface area contributed by atoms with Crippen molar-refractivity contribution in [3.63, 3.8) is 0 Å². The minimum absolute atomic E-state index is 0.285. The largest absolute Gasteiger partial charge is 0.376 e. The summed E-state index contributed by atoms with van der Waals surface area (Å²) in [6, 6.07) is 0. The van der Waals surface area contributed by atoms with Crippen LogP contribution < -0.4 is 5.32 Å². The Balaban J connectivity index is 1.95. The third-order valence-electron chi connectivity index (χ3n) is 2.58. The van der Waals surface area contributed by atoms with E-state index in [1.54, 1.807) is 0 Å². The SMILES string of the molecule is CC(C)CNCC(C)OCC1CCCO1. The van der Waals surface area contributed by atoms with Crippen molar-refractivity contribution in [1.29, 1.82) is 0 Å². The summed E-state index contributed by atoms with van der Waals surface area (Å²) in [6.45, 7) is 10.2. The van der Waals surface area contributed by atoms with Gasteiger partial charge >= 0.3 is 0 Å². The van der Waals surface area contributed by atoms with Gasteiger partial charge in [0.1, 0.15) is 0 Å². The maximum atomic E-state index is 5.72. The Labute approximate surface area is 93.5 Å². The monoisotopic (exact) mass is 215 g/mol. The van der Waals surface area contributed by atoms with E-state index in [1.807, 2.05) is 0 Å². The van der Waals surface area contributed by atoms with Crippen LogP contribution in [0.1, 0.15) is 33.6 Å². The summed E-state index contributed by atoms with van der Waals surface area (Å²) in [6.07, 6.45) is 2.98. The number of hydrogen-bond donors (Lipinski definition) is 1. The van der Waals surface area contributed by atoms with Crippen LogP contribution in [0.25, 0.3) is 0 Å². The minimum Gasteiger partial charge on any atom is -0.376 e. The van der Waals surface area contributed by atoms with Gasteiger partial charge in [0.05, 0.1) is 18.8 Å². The van der Waals surface area contributed by atoms with Crippen molar-refractivity contribution in [1.82, 2.24) is 5.32 Å². The Kier molecular flexibility index (Phi) is 6.22. The van der Waals surface area contributed by atoms with Gasteiger partial charge in [0.2, 0.25) is 0 Å². The van der Waals surface area contributed by atoms with Gasteiger partial charge in [0.25, 0.3) is 0 Å². The predicted octanol–water partition coefficient (Wildman–Crippen LogP) is 1.82. The molecule has 15 heavy (non-hydrogen) atoms. The Morgan fingerprint density at radius 1 is 1.33 bits per heavy atom. The van der Waals surface area contributed by atoms with Crippen LogP contribution in [0.3, 0.4) is 0 Å². The molecule has 1 fully saturated rings. The van der Waals surface area contributed by atoms with Crippen molar-refractivity contribution < 1.29 is 9.47 Å². The first-order valence-corrected chi connectivity index (χ1v) is 6.12. The number of rotatable bonds is 7. The average molecular weight is 215 g/mol. The summed E-state index contributed by atoms with van der Waals surface area (Å²) in [5.41, 5.74) is 0. The third-order valence-corrected chi connectivity index (χ3v) is 2.58. The van der Waals surface area contributed by atoms with Crippen LogP contribution in [-0.4, -0.2) is 38.5 Å². The Bertz CT molecular complexity index is 156. The van der Waals surface area contributed by atoms with E-state index in [0.29, 0.717) is 12.0 Å². The minimum atomic E-state index is 0.285. The Morgan fingerprint density at radius 3 is 2.73 bits per heavy atom. The lowest BCUT2D eigenvalue weighted by Gasteiger charge is -2.17. The van der Waals surface area contributed by atoms with Crippen LogP contribution in [0.2, 0.25) is 0 Å². The second-order valence-electron chi connectivity index (χ2n) is 4.83. The zero-order valence-corrected chi connectivity index (χ0v) is 10.3. The van der Waals surface area contributed by atoms with Crippen molar-refractivity contribution >= 4 is 0 Å². The smallest absolute Gasteiger partial charge is 0.0809 e. The average Bonchev–Trinajstić information content (AvgIpc) is 2.66. The molecule has 0 aliphatic carbocycles. The van der Waals surface area contributed by atoms with E-state index < -0.39 is 0 Å². The first kappa shape index (κ1) is 12.9. The lowest BCUT2D eigenvalue weighted by atomic mass is 10.2. The fourth-order valence-corrected chi connectivity index (χ4v) is 1.68. The predicted molar refractivity (Wildman–Crippen MR) is 62.1 cm³/mol. The number of ether oxygens (including phenoxy) is 2. The quantitative estimate of drug-likeness (QED) is 0.702. The summed E-state index contributed by atoms with van der Waals surface area (Å²) in [5, 5.41) is 3.39. The van der Waals surface area contributed by atoms with E-state index in [2.05, 4.69) is 26.1 Å². The van der Waals surface area contributed by atoms with E-state index in [4.69, 9.17) is 9.47 Å². The van der Waals surface area contributed by atoms with Crippen molar-refractivity contribution in [2.24, 2.45) is 5.92 Å². The first-order chi connectivity index (χ1) is 7.18. The molecular formula is C12H25NO2. The fourth-order valence-electron chi connectivity index (χ4n) is 1.68. The van der Waals surface area contributed by atoms with Gasteiger partial charge in [-0.25, -0.2) is 0 Å². The molecular weight excluding hydrogens is 190 g/mol. The van der Waals surface area contributed by atoms with Crippen LogP contribution in [-0.2, 0) is 9.47 Å². The molecule has 3 nitrogen and oxygen atoms in total. The van der Waals surface area contributed by atoms with Crippen LogP contribution in [0.4, 0.5) is 0 Å². The highest BCUT2D eigenvalue weighted by Gasteiger charge is 2.16. The first-order valence-electron chi connectivity index (χ1n) is 6.12. The van der Waals surface area contributed by atoms with Gasteiger partial charge in [0.15, 0.2) is 0 Å². The highest BCUT2D eigenvalue weighted by Crippen LogP contribution is 2.12. The maximum absolute atomic E-state index is 5.72. The van der Waals surface area contributed by atoms with Gasteiger partial charge in [-0.1, -0.05) is 13.8 Å². The molecule has 0 aromatic heterocycles. The lowest BCUT2D eigenvalue weighted by molar-refractivity contribution is -0.0133. The van der Waals surface area contributed by atoms with Crippen LogP contribution in [0.15, 0.2) is 0 Å². The standard InChI is InChI=1S/C12H25NO2/c1-10(2)7-13-8-11(3)15-9-12-5-4-6-14-12/h10-13H,4-9H2,1-3H3.